The standard InChI is InChI=1S/C16H13F3O2S/c1-3-11-4-9-15(16(17,18)19)14(10-11)12-5-7-13(8-6-12)22(2,20)21/h3-10H,1H2,2H3. The predicted octanol–water partition coefficient (Wildman–Crippen LogP) is 4.42. The van der Waals surface area contributed by atoms with Gasteiger partial charge in [0.1, 0.15) is 0 Å². The van der Waals surface area contributed by atoms with Crippen molar-refractivity contribution in [3.63, 3.8) is 0 Å². The van der Waals surface area contributed by atoms with Crippen LogP contribution in [-0.2, 0) is 16.0 Å². The Hall–Kier alpha value is -2.08. The van der Waals surface area contributed by atoms with Gasteiger partial charge in [-0.05, 0) is 41.0 Å². The number of hydrogen-bond donors (Lipinski definition) is 0. The van der Waals surface area contributed by atoms with E-state index in [1.807, 2.05) is 0 Å². The van der Waals surface area contributed by atoms with Crippen LogP contribution in [0, 0.1) is 0 Å². The van der Waals surface area contributed by atoms with Gasteiger partial charge in [-0.15, -0.1) is 0 Å². The largest absolute Gasteiger partial charge is 0.417 e. The highest BCUT2D eigenvalue weighted by Gasteiger charge is 2.33. The SMILES string of the molecule is C=Cc1ccc(C(F)(F)F)c(-c2ccc(S(C)(=O)=O)cc2)c1. The number of alkyl halides is 3. The summed E-state index contributed by atoms with van der Waals surface area (Å²) in [5.41, 5.74) is 0.0637. The van der Waals surface area contributed by atoms with Gasteiger partial charge in [-0.3, -0.25) is 0 Å². The molecule has 2 nitrogen and oxygen atoms in total. The molecule has 0 spiro atoms. The zero-order valence-corrected chi connectivity index (χ0v) is 12.5. The normalized spacial score (nSPS) is 12.2. The minimum atomic E-state index is -4.50. The fourth-order valence-corrected chi connectivity index (χ4v) is 2.69. The molecule has 0 saturated carbocycles. The van der Waals surface area contributed by atoms with Crippen LogP contribution in [0.1, 0.15) is 11.1 Å². The molecule has 0 N–H and O–H groups in total. The van der Waals surface area contributed by atoms with Gasteiger partial charge in [-0.25, -0.2) is 8.42 Å². The summed E-state index contributed by atoms with van der Waals surface area (Å²) in [5.74, 6) is 0. The monoisotopic (exact) mass is 326 g/mol. The molecular formula is C16H13F3O2S. The van der Waals surface area contributed by atoms with Gasteiger partial charge in [-0.2, -0.15) is 13.2 Å². The first-order valence-electron chi connectivity index (χ1n) is 6.27. The molecule has 2 aromatic carbocycles. The van der Waals surface area contributed by atoms with E-state index in [1.54, 1.807) is 0 Å². The second-order valence-corrected chi connectivity index (χ2v) is 6.82. The Morgan fingerprint density at radius 1 is 1.05 bits per heavy atom. The average Bonchev–Trinajstić information content (AvgIpc) is 2.45. The summed E-state index contributed by atoms with van der Waals surface area (Å²) in [5, 5.41) is 0. The van der Waals surface area contributed by atoms with Crippen molar-refractivity contribution in [2.75, 3.05) is 6.26 Å². The third-order valence-corrected chi connectivity index (χ3v) is 4.31. The number of sulfone groups is 1. The van der Waals surface area contributed by atoms with Crippen molar-refractivity contribution in [2.24, 2.45) is 0 Å². The predicted molar refractivity (Wildman–Crippen MR) is 80.1 cm³/mol. The Kier molecular flexibility index (Phi) is 4.15. The summed E-state index contributed by atoms with van der Waals surface area (Å²) < 4.78 is 62.2. The van der Waals surface area contributed by atoms with Gasteiger partial charge in [0.05, 0.1) is 10.5 Å². The molecule has 0 bridgehead atoms. The second kappa shape index (κ2) is 5.61. The van der Waals surface area contributed by atoms with E-state index in [0.29, 0.717) is 11.1 Å². The Morgan fingerprint density at radius 2 is 1.64 bits per heavy atom. The lowest BCUT2D eigenvalue weighted by Gasteiger charge is -2.14. The Morgan fingerprint density at radius 3 is 2.09 bits per heavy atom. The van der Waals surface area contributed by atoms with Crippen molar-refractivity contribution in [1.82, 2.24) is 0 Å². The molecule has 0 heterocycles. The van der Waals surface area contributed by atoms with E-state index in [4.69, 9.17) is 0 Å². The van der Waals surface area contributed by atoms with E-state index < -0.39 is 21.6 Å². The summed E-state index contributed by atoms with van der Waals surface area (Å²) in [6, 6.07) is 9.05. The summed E-state index contributed by atoms with van der Waals surface area (Å²) in [6.07, 6.45) is -2.00. The first-order valence-corrected chi connectivity index (χ1v) is 8.16. The zero-order valence-electron chi connectivity index (χ0n) is 11.7. The van der Waals surface area contributed by atoms with Crippen LogP contribution in [0.2, 0.25) is 0 Å². The Bertz CT molecular complexity index is 804. The van der Waals surface area contributed by atoms with Crippen molar-refractivity contribution in [3.8, 4) is 11.1 Å². The second-order valence-electron chi connectivity index (χ2n) is 4.80. The van der Waals surface area contributed by atoms with Crippen LogP contribution in [0.15, 0.2) is 53.9 Å². The number of hydrogen-bond acceptors (Lipinski definition) is 2. The molecule has 0 aliphatic heterocycles. The lowest BCUT2D eigenvalue weighted by atomic mass is 9.97. The molecule has 0 atom stereocenters. The van der Waals surface area contributed by atoms with Crippen LogP contribution in [0.25, 0.3) is 17.2 Å². The van der Waals surface area contributed by atoms with E-state index in [0.717, 1.165) is 12.3 Å². The smallest absolute Gasteiger partial charge is 0.224 e. The van der Waals surface area contributed by atoms with Gasteiger partial charge in [-0.1, -0.05) is 30.9 Å². The molecule has 0 fully saturated rings. The van der Waals surface area contributed by atoms with Crippen molar-refractivity contribution in [2.45, 2.75) is 11.1 Å². The summed E-state index contributed by atoms with van der Waals surface area (Å²) >= 11 is 0. The van der Waals surface area contributed by atoms with E-state index in [1.165, 1.54) is 42.5 Å². The van der Waals surface area contributed by atoms with Crippen LogP contribution < -0.4 is 0 Å². The molecule has 2 aromatic rings. The van der Waals surface area contributed by atoms with Crippen LogP contribution >= 0.6 is 0 Å². The highest BCUT2D eigenvalue weighted by atomic mass is 32.2. The van der Waals surface area contributed by atoms with E-state index in [-0.39, 0.29) is 10.5 Å². The van der Waals surface area contributed by atoms with Gasteiger partial charge < -0.3 is 0 Å². The molecule has 0 aliphatic rings. The van der Waals surface area contributed by atoms with Gasteiger partial charge in [0, 0.05) is 6.26 Å². The molecule has 0 unspecified atom stereocenters. The minimum Gasteiger partial charge on any atom is -0.224 e. The summed E-state index contributed by atoms with van der Waals surface area (Å²) in [4.78, 5) is 0.0599. The van der Waals surface area contributed by atoms with Crippen LogP contribution in [0.4, 0.5) is 13.2 Å². The minimum absolute atomic E-state index is 0.00930. The lowest BCUT2D eigenvalue weighted by molar-refractivity contribution is -0.137. The Labute approximate surface area is 126 Å². The summed E-state index contributed by atoms with van der Waals surface area (Å²) in [7, 11) is -3.39. The Balaban J connectivity index is 2.62. The topological polar surface area (TPSA) is 34.1 Å². The maximum absolute atomic E-state index is 13.1. The lowest BCUT2D eigenvalue weighted by Crippen LogP contribution is -2.07. The zero-order chi connectivity index (χ0) is 16.5. The van der Waals surface area contributed by atoms with E-state index in [2.05, 4.69) is 6.58 Å². The first-order chi connectivity index (χ1) is 10.1. The van der Waals surface area contributed by atoms with Crippen molar-refractivity contribution >= 4 is 15.9 Å². The highest BCUT2D eigenvalue weighted by Crippen LogP contribution is 2.38. The first kappa shape index (κ1) is 16.3. The third-order valence-electron chi connectivity index (χ3n) is 3.18. The third kappa shape index (κ3) is 3.39. The van der Waals surface area contributed by atoms with E-state index in [9.17, 15) is 21.6 Å². The van der Waals surface area contributed by atoms with Crippen molar-refractivity contribution < 1.29 is 21.6 Å². The molecular weight excluding hydrogens is 313 g/mol. The molecule has 0 saturated heterocycles. The molecule has 2 rings (SSSR count). The van der Waals surface area contributed by atoms with Gasteiger partial charge >= 0.3 is 6.18 Å². The maximum Gasteiger partial charge on any atom is 0.417 e. The molecule has 0 aliphatic carbocycles. The molecule has 0 radical (unpaired) electrons. The van der Waals surface area contributed by atoms with Gasteiger partial charge in [0.2, 0.25) is 0 Å². The van der Waals surface area contributed by atoms with Crippen LogP contribution in [-0.4, -0.2) is 14.7 Å². The average molecular weight is 326 g/mol. The number of benzene rings is 2. The molecule has 22 heavy (non-hydrogen) atoms. The molecule has 6 heteroatoms. The fourth-order valence-electron chi connectivity index (χ4n) is 2.06. The van der Waals surface area contributed by atoms with Gasteiger partial charge in [0.25, 0.3) is 0 Å². The maximum atomic E-state index is 13.1. The number of halogens is 3. The molecule has 116 valence electrons. The quantitative estimate of drug-likeness (QED) is 0.837. The molecule has 0 amide bonds. The number of rotatable bonds is 3. The van der Waals surface area contributed by atoms with Gasteiger partial charge in [0.15, 0.2) is 9.84 Å². The van der Waals surface area contributed by atoms with Crippen LogP contribution in [0.5, 0.6) is 0 Å². The molecule has 0 aromatic heterocycles. The highest BCUT2D eigenvalue weighted by molar-refractivity contribution is 7.90. The van der Waals surface area contributed by atoms with E-state index >= 15 is 0 Å². The van der Waals surface area contributed by atoms with Crippen LogP contribution in [0.3, 0.4) is 0 Å². The van der Waals surface area contributed by atoms with Crippen molar-refractivity contribution in [1.29, 1.82) is 0 Å². The fraction of sp³-hybridized carbons (Fsp3) is 0.125. The summed E-state index contributed by atoms with van der Waals surface area (Å²) in [6.45, 7) is 3.54. The van der Waals surface area contributed by atoms with Crippen molar-refractivity contribution in [3.05, 3.63) is 60.2 Å².